The van der Waals surface area contributed by atoms with Crippen LogP contribution in [0.4, 0.5) is 5.69 Å². The van der Waals surface area contributed by atoms with E-state index in [1.165, 1.54) is 6.08 Å². The Kier molecular flexibility index (Phi) is 5.21. The van der Waals surface area contributed by atoms with Crippen molar-refractivity contribution in [2.75, 3.05) is 18.5 Å². The first-order chi connectivity index (χ1) is 10.9. The number of nitrogens with zero attached hydrogens (tertiary/aromatic N) is 1. The van der Waals surface area contributed by atoms with E-state index in [-0.39, 0.29) is 36.6 Å². The zero-order valence-corrected chi connectivity index (χ0v) is 14.1. The van der Waals surface area contributed by atoms with Gasteiger partial charge in [-0.2, -0.15) is 0 Å². The molecule has 0 saturated carbocycles. The lowest BCUT2D eigenvalue weighted by molar-refractivity contribution is -0.137. The van der Waals surface area contributed by atoms with Crippen molar-refractivity contribution in [2.45, 2.75) is 39.5 Å². The first-order valence-electron chi connectivity index (χ1n) is 7.95. The predicted molar refractivity (Wildman–Crippen MR) is 90.1 cm³/mol. The molecule has 1 aromatic carbocycles. The fourth-order valence-corrected chi connectivity index (χ4v) is 2.74. The molecular weight excluding hydrogens is 292 g/mol. The van der Waals surface area contributed by atoms with Gasteiger partial charge in [0.25, 0.3) is 11.8 Å². The average molecular weight is 316 g/mol. The molecule has 0 atom stereocenters. The molecule has 2 N–H and O–H groups in total. The molecule has 1 aromatic rings. The van der Waals surface area contributed by atoms with Crippen molar-refractivity contribution in [3.05, 3.63) is 41.1 Å². The summed E-state index contributed by atoms with van der Waals surface area (Å²) >= 11 is 0. The Labute approximate surface area is 137 Å². The summed E-state index contributed by atoms with van der Waals surface area (Å²) in [5.74, 6) is -0.202. The molecule has 5 nitrogen and oxygen atoms in total. The molecule has 23 heavy (non-hydrogen) atoms. The third-order valence-electron chi connectivity index (χ3n) is 3.97. The maximum absolute atomic E-state index is 12.3. The molecule has 2 rings (SSSR count). The maximum atomic E-state index is 12.3. The number of aliphatic hydroxyl groups is 1. The Morgan fingerprint density at radius 1 is 1.09 bits per heavy atom. The van der Waals surface area contributed by atoms with E-state index in [2.05, 4.69) is 33.0 Å². The van der Waals surface area contributed by atoms with Crippen molar-refractivity contribution < 1.29 is 14.7 Å². The molecule has 0 saturated heterocycles. The molecule has 1 aliphatic heterocycles. The summed E-state index contributed by atoms with van der Waals surface area (Å²) in [7, 11) is 0. The minimum atomic E-state index is -0.391. The number of carbonyl (C=O) groups is 2. The quantitative estimate of drug-likeness (QED) is 0.792. The number of hydrogen-bond donors (Lipinski definition) is 2. The van der Waals surface area contributed by atoms with Crippen LogP contribution in [0.1, 0.15) is 50.7 Å². The number of aliphatic hydroxyl groups excluding tert-OH is 1. The van der Waals surface area contributed by atoms with Crippen LogP contribution in [-0.4, -0.2) is 35.0 Å². The smallest absolute Gasteiger partial charge is 0.277 e. The van der Waals surface area contributed by atoms with Crippen molar-refractivity contribution in [3.8, 4) is 0 Å². The molecule has 0 aromatic heterocycles. The molecule has 0 aliphatic carbocycles. The Balaban J connectivity index is 2.39. The number of β-amino-alcohol motifs (C(OH)–C–C–N with tert-alkyl or cyclic N) is 1. The molecule has 5 heteroatoms. The largest absolute Gasteiger partial charge is 0.395 e. The monoisotopic (exact) mass is 316 g/mol. The van der Waals surface area contributed by atoms with E-state index in [4.69, 9.17) is 5.11 Å². The van der Waals surface area contributed by atoms with E-state index in [1.54, 1.807) is 0 Å². The van der Waals surface area contributed by atoms with Gasteiger partial charge in [-0.25, -0.2) is 0 Å². The lowest BCUT2D eigenvalue weighted by Crippen LogP contribution is -2.34. The van der Waals surface area contributed by atoms with Crippen LogP contribution in [-0.2, 0) is 9.59 Å². The molecule has 0 unspecified atom stereocenters. The number of amides is 2. The minimum Gasteiger partial charge on any atom is -0.395 e. The molecule has 1 aliphatic rings. The van der Waals surface area contributed by atoms with E-state index in [1.807, 2.05) is 18.2 Å². The molecule has 0 bridgehead atoms. The number of imide groups is 1. The standard InChI is InChI=1S/C18H24N2O3/c1-11(2)13-6-5-7-14(12(3)4)17(13)19-15-10-16(22)20(8-9-21)18(15)23/h5-7,10-12,19,21H,8-9H2,1-4H3. The molecular formula is C18H24N2O3. The minimum absolute atomic E-state index is 0.0161. The second kappa shape index (κ2) is 6.96. The van der Waals surface area contributed by atoms with Crippen molar-refractivity contribution in [2.24, 2.45) is 0 Å². The number of carbonyl (C=O) groups excluding carboxylic acids is 2. The van der Waals surface area contributed by atoms with E-state index >= 15 is 0 Å². The van der Waals surface area contributed by atoms with E-state index in [0.29, 0.717) is 0 Å². The zero-order valence-electron chi connectivity index (χ0n) is 14.1. The number of para-hydroxylation sites is 1. The van der Waals surface area contributed by atoms with Gasteiger partial charge in [0.2, 0.25) is 0 Å². The number of nitrogens with one attached hydrogen (secondary N) is 1. The van der Waals surface area contributed by atoms with Gasteiger partial charge in [-0.1, -0.05) is 45.9 Å². The summed E-state index contributed by atoms with van der Waals surface area (Å²) in [6.45, 7) is 8.16. The van der Waals surface area contributed by atoms with Crippen LogP contribution in [0.2, 0.25) is 0 Å². The van der Waals surface area contributed by atoms with Crippen LogP contribution < -0.4 is 5.32 Å². The normalized spacial score (nSPS) is 14.9. The molecule has 1 heterocycles. The van der Waals surface area contributed by atoms with Crippen molar-refractivity contribution >= 4 is 17.5 Å². The highest BCUT2D eigenvalue weighted by atomic mass is 16.3. The van der Waals surface area contributed by atoms with Crippen LogP contribution in [0.3, 0.4) is 0 Å². The Morgan fingerprint density at radius 2 is 1.65 bits per heavy atom. The predicted octanol–water partition coefficient (Wildman–Crippen LogP) is 2.59. The van der Waals surface area contributed by atoms with Gasteiger partial charge in [0.15, 0.2) is 0 Å². The van der Waals surface area contributed by atoms with E-state index < -0.39 is 5.91 Å². The summed E-state index contributed by atoms with van der Waals surface area (Å²) in [5.41, 5.74) is 3.38. The van der Waals surface area contributed by atoms with Gasteiger partial charge >= 0.3 is 0 Å². The van der Waals surface area contributed by atoms with E-state index in [9.17, 15) is 9.59 Å². The lowest BCUT2D eigenvalue weighted by atomic mass is 9.92. The molecule has 0 spiro atoms. The van der Waals surface area contributed by atoms with Gasteiger partial charge in [-0.3, -0.25) is 14.5 Å². The summed E-state index contributed by atoms with van der Waals surface area (Å²) in [4.78, 5) is 25.3. The van der Waals surface area contributed by atoms with Gasteiger partial charge in [0, 0.05) is 11.8 Å². The fourth-order valence-electron chi connectivity index (χ4n) is 2.74. The van der Waals surface area contributed by atoms with Crippen molar-refractivity contribution in [1.82, 2.24) is 4.90 Å². The third-order valence-corrected chi connectivity index (χ3v) is 3.97. The topological polar surface area (TPSA) is 69.6 Å². The molecule has 0 radical (unpaired) electrons. The first-order valence-corrected chi connectivity index (χ1v) is 7.95. The van der Waals surface area contributed by atoms with Crippen molar-refractivity contribution in [3.63, 3.8) is 0 Å². The summed E-state index contributed by atoms with van der Waals surface area (Å²) in [6, 6.07) is 6.09. The van der Waals surface area contributed by atoms with Gasteiger partial charge in [-0.05, 0) is 23.0 Å². The zero-order chi connectivity index (χ0) is 17.1. The van der Waals surface area contributed by atoms with Gasteiger partial charge in [0.05, 0.1) is 13.2 Å². The third kappa shape index (κ3) is 3.45. The van der Waals surface area contributed by atoms with Gasteiger partial charge < -0.3 is 10.4 Å². The highest BCUT2D eigenvalue weighted by Crippen LogP contribution is 2.34. The number of benzene rings is 1. The summed E-state index contributed by atoms with van der Waals surface area (Å²) in [6.07, 6.45) is 1.30. The Hall–Kier alpha value is -2.14. The number of anilines is 1. The molecule has 2 amide bonds. The maximum Gasteiger partial charge on any atom is 0.277 e. The van der Waals surface area contributed by atoms with Crippen LogP contribution >= 0.6 is 0 Å². The summed E-state index contributed by atoms with van der Waals surface area (Å²) < 4.78 is 0. The van der Waals surface area contributed by atoms with Crippen molar-refractivity contribution in [1.29, 1.82) is 0 Å². The number of rotatable bonds is 6. The second-order valence-electron chi connectivity index (χ2n) is 6.32. The highest BCUT2D eigenvalue weighted by Gasteiger charge is 2.31. The second-order valence-corrected chi connectivity index (χ2v) is 6.32. The Bertz CT molecular complexity index is 621. The highest BCUT2D eigenvalue weighted by molar-refractivity contribution is 6.17. The van der Waals surface area contributed by atoms with Crippen LogP contribution in [0, 0.1) is 0 Å². The van der Waals surface area contributed by atoms with Gasteiger partial charge in [-0.15, -0.1) is 0 Å². The molecule has 0 fully saturated rings. The van der Waals surface area contributed by atoms with E-state index in [0.717, 1.165) is 21.7 Å². The number of hydrogen-bond acceptors (Lipinski definition) is 4. The lowest BCUT2D eigenvalue weighted by Gasteiger charge is -2.21. The summed E-state index contributed by atoms with van der Waals surface area (Å²) in [5, 5.41) is 12.2. The molecule has 124 valence electrons. The first kappa shape index (κ1) is 17.2. The van der Waals surface area contributed by atoms with Crippen LogP contribution in [0.5, 0.6) is 0 Å². The van der Waals surface area contributed by atoms with Gasteiger partial charge in [0.1, 0.15) is 5.70 Å². The van der Waals surface area contributed by atoms with Crippen LogP contribution in [0.15, 0.2) is 30.0 Å². The average Bonchev–Trinajstić information content (AvgIpc) is 2.75. The Morgan fingerprint density at radius 3 is 2.13 bits per heavy atom. The fraction of sp³-hybridized carbons (Fsp3) is 0.444. The SMILES string of the molecule is CC(C)c1cccc(C(C)C)c1NC1=CC(=O)N(CCO)C1=O. The van der Waals surface area contributed by atoms with Crippen LogP contribution in [0.25, 0.3) is 0 Å².